The minimum atomic E-state index is 0.739. The summed E-state index contributed by atoms with van der Waals surface area (Å²) in [5.74, 6) is 0. The van der Waals surface area contributed by atoms with E-state index < -0.39 is 0 Å². The smallest absolute Gasteiger partial charge is 0.0124 e. The van der Waals surface area contributed by atoms with Gasteiger partial charge in [-0.15, -0.1) is 0 Å². The van der Waals surface area contributed by atoms with Crippen LogP contribution in [0.25, 0.3) is 0 Å². The summed E-state index contributed by atoms with van der Waals surface area (Å²) >= 11 is 0. The molecule has 84 valence electrons. The molecule has 0 saturated heterocycles. The fourth-order valence-electron chi connectivity index (χ4n) is 1.69. The first-order chi connectivity index (χ1) is 6.72. The van der Waals surface area contributed by atoms with Crippen molar-refractivity contribution >= 4 is 0 Å². The maximum absolute atomic E-state index is 2.35. The number of rotatable bonds is 8. The highest BCUT2D eigenvalue weighted by Gasteiger charge is 2.08. The number of allylic oxidation sites excluding steroid dienone is 1. The predicted octanol–water partition coefficient (Wildman–Crippen LogP) is 3.85. The third kappa shape index (κ3) is 7.14. The Morgan fingerprint density at radius 2 is 1.86 bits per heavy atom. The fourth-order valence-corrected chi connectivity index (χ4v) is 1.69. The van der Waals surface area contributed by atoms with E-state index in [-0.39, 0.29) is 0 Å². The van der Waals surface area contributed by atoms with Gasteiger partial charge in [0.2, 0.25) is 0 Å². The summed E-state index contributed by atoms with van der Waals surface area (Å²) in [6.45, 7) is 4.37. The van der Waals surface area contributed by atoms with Gasteiger partial charge in [-0.1, -0.05) is 44.8 Å². The second-order valence-corrected chi connectivity index (χ2v) is 4.27. The van der Waals surface area contributed by atoms with Gasteiger partial charge in [-0.25, -0.2) is 0 Å². The molecule has 0 aliphatic rings. The molecule has 0 aliphatic heterocycles. The lowest BCUT2D eigenvalue weighted by Crippen LogP contribution is -2.27. The quantitative estimate of drug-likeness (QED) is 0.422. The highest BCUT2D eigenvalue weighted by Crippen LogP contribution is 2.12. The predicted molar refractivity (Wildman–Crippen MR) is 65.7 cm³/mol. The molecule has 0 N–H and O–H groups in total. The molecular weight excluding hydrogens is 170 g/mol. The minimum Gasteiger partial charge on any atom is -0.306 e. The first-order valence-electron chi connectivity index (χ1n) is 6.00. The molecular formula is C13H27N. The highest BCUT2D eigenvalue weighted by atomic mass is 15.1. The lowest BCUT2D eigenvalue weighted by atomic mass is 10.0. The van der Waals surface area contributed by atoms with Gasteiger partial charge in [0.15, 0.2) is 0 Å². The van der Waals surface area contributed by atoms with Gasteiger partial charge in [-0.3, -0.25) is 0 Å². The van der Waals surface area contributed by atoms with Gasteiger partial charge in [0.05, 0.1) is 0 Å². The molecule has 0 bridgehead atoms. The lowest BCUT2D eigenvalue weighted by molar-refractivity contribution is 0.273. The Morgan fingerprint density at radius 1 is 1.14 bits per heavy atom. The van der Waals surface area contributed by atoms with Gasteiger partial charge < -0.3 is 4.90 Å². The minimum absolute atomic E-state index is 0.739. The molecule has 0 saturated carbocycles. The second kappa shape index (κ2) is 9.26. The standard InChI is InChI=1S/C13H27N/c1-5-7-9-10-12-13(14(3)4)11-8-6-2/h6,8,13H,5,7,9-12H2,1-4H3. The van der Waals surface area contributed by atoms with Crippen molar-refractivity contribution < 1.29 is 0 Å². The van der Waals surface area contributed by atoms with E-state index in [1.807, 2.05) is 0 Å². The number of hydrogen-bond donors (Lipinski definition) is 0. The van der Waals surface area contributed by atoms with E-state index in [2.05, 4.69) is 45.0 Å². The van der Waals surface area contributed by atoms with E-state index in [0.29, 0.717) is 0 Å². The van der Waals surface area contributed by atoms with Crippen LogP contribution in [-0.4, -0.2) is 25.0 Å². The van der Waals surface area contributed by atoms with E-state index in [1.165, 1.54) is 38.5 Å². The average molecular weight is 197 g/mol. The average Bonchev–Trinajstić information content (AvgIpc) is 2.16. The van der Waals surface area contributed by atoms with E-state index in [1.54, 1.807) is 0 Å². The fraction of sp³-hybridized carbons (Fsp3) is 0.846. The van der Waals surface area contributed by atoms with Gasteiger partial charge in [0, 0.05) is 6.04 Å². The Balaban J connectivity index is 3.62. The molecule has 0 fully saturated rings. The molecule has 1 nitrogen and oxygen atoms in total. The SMILES string of the molecule is CC=CCC(CCCCCC)N(C)C. The van der Waals surface area contributed by atoms with Crippen LogP contribution in [0.5, 0.6) is 0 Å². The Morgan fingerprint density at radius 3 is 2.36 bits per heavy atom. The third-order valence-electron chi connectivity index (χ3n) is 2.77. The normalized spacial score (nSPS) is 14.1. The van der Waals surface area contributed by atoms with Crippen LogP contribution >= 0.6 is 0 Å². The van der Waals surface area contributed by atoms with Crippen LogP contribution in [0.4, 0.5) is 0 Å². The third-order valence-corrected chi connectivity index (χ3v) is 2.77. The molecule has 0 aromatic rings. The Kier molecular flexibility index (Phi) is 9.06. The monoisotopic (exact) mass is 197 g/mol. The van der Waals surface area contributed by atoms with Gasteiger partial charge in [0.25, 0.3) is 0 Å². The second-order valence-electron chi connectivity index (χ2n) is 4.27. The summed E-state index contributed by atoms with van der Waals surface area (Å²) in [6.07, 6.45) is 12.5. The lowest BCUT2D eigenvalue weighted by Gasteiger charge is -2.22. The largest absolute Gasteiger partial charge is 0.306 e. The van der Waals surface area contributed by atoms with Crippen LogP contribution in [0.3, 0.4) is 0 Å². The molecule has 1 heteroatoms. The first kappa shape index (κ1) is 13.7. The van der Waals surface area contributed by atoms with Crippen molar-refractivity contribution in [3.63, 3.8) is 0 Å². The summed E-state index contributed by atoms with van der Waals surface area (Å²) in [5.41, 5.74) is 0. The molecule has 0 aromatic heterocycles. The number of nitrogens with zero attached hydrogens (tertiary/aromatic N) is 1. The Bertz CT molecular complexity index is 138. The van der Waals surface area contributed by atoms with Gasteiger partial charge in [-0.2, -0.15) is 0 Å². The van der Waals surface area contributed by atoms with Crippen LogP contribution in [-0.2, 0) is 0 Å². The van der Waals surface area contributed by atoms with Crippen molar-refractivity contribution in [1.82, 2.24) is 4.90 Å². The molecule has 0 aromatic carbocycles. The zero-order valence-electron chi connectivity index (χ0n) is 10.4. The molecule has 0 spiro atoms. The van der Waals surface area contributed by atoms with Crippen molar-refractivity contribution in [3.8, 4) is 0 Å². The molecule has 0 aliphatic carbocycles. The van der Waals surface area contributed by atoms with Gasteiger partial charge in [-0.05, 0) is 33.9 Å². The Hall–Kier alpha value is -0.300. The zero-order chi connectivity index (χ0) is 10.8. The van der Waals surface area contributed by atoms with E-state index in [4.69, 9.17) is 0 Å². The van der Waals surface area contributed by atoms with Crippen LogP contribution < -0.4 is 0 Å². The van der Waals surface area contributed by atoms with Crippen molar-refractivity contribution in [2.45, 2.75) is 58.4 Å². The summed E-state index contributed by atoms with van der Waals surface area (Å²) in [5, 5.41) is 0. The Labute approximate surface area is 90.2 Å². The van der Waals surface area contributed by atoms with E-state index in [9.17, 15) is 0 Å². The molecule has 1 atom stereocenters. The van der Waals surface area contributed by atoms with Crippen LogP contribution in [0, 0.1) is 0 Å². The summed E-state index contributed by atoms with van der Waals surface area (Å²) < 4.78 is 0. The molecule has 0 rings (SSSR count). The van der Waals surface area contributed by atoms with Crippen molar-refractivity contribution in [1.29, 1.82) is 0 Å². The molecule has 14 heavy (non-hydrogen) atoms. The van der Waals surface area contributed by atoms with Crippen LogP contribution in [0.2, 0.25) is 0 Å². The summed E-state index contributed by atoms with van der Waals surface area (Å²) in [7, 11) is 4.38. The molecule has 1 unspecified atom stereocenters. The van der Waals surface area contributed by atoms with E-state index in [0.717, 1.165) is 6.04 Å². The number of unbranched alkanes of at least 4 members (excludes halogenated alkanes) is 3. The van der Waals surface area contributed by atoms with Gasteiger partial charge >= 0.3 is 0 Å². The van der Waals surface area contributed by atoms with Gasteiger partial charge in [0.1, 0.15) is 0 Å². The summed E-state index contributed by atoms with van der Waals surface area (Å²) in [6, 6.07) is 0.739. The number of hydrogen-bond acceptors (Lipinski definition) is 1. The molecule has 0 radical (unpaired) electrons. The van der Waals surface area contributed by atoms with Crippen molar-refractivity contribution in [3.05, 3.63) is 12.2 Å². The van der Waals surface area contributed by atoms with Crippen LogP contribution in [0.1, 0.15) is 52.4 Å². The highest BCUT2D eigenvalue weighted by molar-refractivity contribution is 4.83. The molecule has 0 heterocycles. The maximum Gasteiger partial charge on any atom is 0.0124 e. The zero-order valence-corrected chi connectivity index (χ0v) is 10.4. The summed E-state index contributed by atoms with van der Waals surface area (Å²) in [4.78, 5) is 2.35. The topological polar surface area (TPSA) is 3.24 Å². The van der Waals surface area contributed by atoms with E-state index >= 15 is 0 Å². The maximum atomic E-state index is 2.35. The van der Waals surface area contributed by atoms with Crippen LogP contribution in [0.15, 0.2) is 12.2 Å². The first-order valence-corrected chi connectivity index (χ1v) is 6.00. The molecule has 0 amide bonds. The van der Waals surface area contributed by atoms with Crippen molar-refractivity contribution in [2.24, 2.45) is 0 Å². The van der Waals surface area contributed by atoms with Crippen molar-refractivity contribution in [2.75, 3.05) is 14.1 Å².